The topological polar surface area (TPSA) is 132 Å². The quantitative estimate of drug-likeness (QED) is 0.550. The third kappa shape index (κ3) is 4.69. The van der Waals surface area contributed by atoms with Gasteiger partial charge in [-0.3, -0.25) is 9.48 Å². The third-order valence-electron chi connectivity index (χ3n) is 5.59. The van der Waals surface area contributed by atoms with E-state index in [1.54, 1.807) is 6.07 Å². The predicted octanol–water partition coefficient (Wildman–Crippen LogP) is 1.86. The van der Waals surface area contributed by atoms with Crippen molar-refractivity contribution >= 4 is 18.2 Å². The number of carbonyl (C=O) groups is 2. The van der Waals surface area contributed by atoms with Crippen LogP contribution in [0.2, 0.25) is 0 Å². The highest BCUT2D eigenvalue weighted by Crippen LogP contribution is 2.31. The Bertz CT molecular complexity index is 1340. The van der Waals surface area contributed by atoms with Gasteiger partial charge in [0, 0.05) is 24.9 Å². The van der Waals surface area contributed by atoms with E-state index in [9.17, 15) is 22.8 Å². The van der Waals surface area contributed by atoms with Gasteiger partial charge in [-0.2, -0.15) is 19.6 Å². The molecule has 3 amide bonds. The zero-order valence-electron chi connectivity index (χ0n) is 18.6. The van der Waals surface area contributed by atoms with Gasteiger partial charge in [0.05, 0.1) is 25.3 Å². The fraction of sp³-hybridized carbons (Fsp3) is 0.273. The van der Waals surface area contributed by atoms with E-state index in [1.165, 1.54) is 22.0 Å². The molecular formula is C22H19F3N8O3. The van der Waals surface area contributed by atoms with E-state index in [-0.39, 0.29) is 31.3 Å². The largest absolute Gasteiger partial charge is 0.468 e. The fourth-order valence-corrected chi connectivity index (χ4v) is 3.90. The van der Waals surface area contributed by atoms with Crippen LogP contribution in [0.5, 0.6) is 5.88 Å². The number of carbonyl (C=O) groups excluding carboxylic acids is 2. The molecule has 11 nitrogen and oxygen atoms in total. The molecular weight excluding hydrogens is 481 g/mol. The first-order chi connectivity index (χ1) is 17.3. The summed E-state index contributed by atoms with van der Waals surface area (Å²) < 4.78 is 48.5. The maximum absolute atomic E-state index is 14.3. The van der Waals surface area contributed by atoms with Crippen LogP contribution >= 0.6 is 0 Å². The number of hydrazone groups is 1. The van der Waals surface area contributed by atoms with Crippen molar-refractivity contribution in [3.63, 3.8) is 0 Å². The van der Waals surface area contributed by atoms with Crippen LogP contribution in [0.1, 0.15) is 18.0 Å². The van der Waals surface area contributed by atoms with Crippen LogP contribution in [-0.4, -0.2) is 67.0 Å². The van der Waals surface area contributed by atoms with Crippen molar-refractivity contribution in [3.8, 4) is 17.4 Å². The van der Waals surface area contributed by atoms with Gasteiger partial charge in [0.2, 0.25) is 11.7 Å². The Hall–Kier alpha value is -4.49. The number of urea groups is 1. The van der Waals surface area contributed by atoms with Crippen LogP contribution < -0.4 is 10.5 Å². The maximum atomic E-state index is 14.3. The molecule has 36 heavy (non-hydrogen) atoms. The van der Waals surface area contributed by atoms with Gasteiger partial charge < -0.3 is 15.4 Å². The molecule has 5 rings (SSSR count). The van der Waals surface area contributed by atoms with E-state index < -0.39 is 41.5 Å². The minimum atomic E-state index is -0.794. The number of nitrogens with zero attached hydrogens (tertiary/aromatic N) is 7. The number of aromatic nitrogens is 4. The number of hydrogen-bond donors (Lipinski definition) is 1. The van der Waals surface area contributed by atoms with Gasteiger partial charge in [-0.15, -0.1) is 0 Å². The Balaban J connectivity index is 1.22. The Labute approximate surface area is 202 Å². The van der Waals surface area contributed by atoms with Crippen molar-refractivity contribution in [3.05, 3.63) is 59.7 Å². The minimum Gasteiger partial charge on any atom is -0.468 e. The van der Waals surface area contributed by atoms with Gasteiger partial charge in [0.15, 0.2) is 5.82 Å². The number of halogens is 3. The Kier molecular flexibility index (Phi) is 6.00. The number of benzene rings is 1. The van der Waals surface area contributed by atoms with Gasteiger partial charge in [-0.1, -0.05) is 0 Å². The summed E-state index contributed by atoms with van der Waals surface area (Å²) in [7, 11) is 0. The molecule has 186 valence electrons. The van der Waals surface area contributed by atoms with Crippen molar-refractivity contribution in [1.29, 1.82) is 0 Å². The number of hydrogen-bond acceptors (Lipinski definition) is 7. The minimum absolute atomic E-state index is 0.0819. The summed E-state index contributed by atoms with van der Waals surface area (Å²) in [4.78, 5) is 33.3. The second-order valence-corrected chi connectivity index (χ2v) is 8.24. The molecule has 0 unspecified atom stereocenters. The summed E-state index contributed by atoms with van der Waals surface area (Å²) >= 11 is 0. The molecule has 0 aliphatic carbocycles. The number of rotatable bonds is 6. The summed E-state index contributed by atoms with van der Waals surface area (Å²) in [6.45, 7) is 0.120. The zero-order chi connectivity index (χ0) is 25.4. The number of nitrogens with two attached hydrogens (primary N) is 1. The van der Waals surface area contributed by atoms with E-state index in [0.29, 0.717) is 17.7 Å². The third-order valence-corrected chi connectivity index (χ3v) is 5.59. The van der Waals surface area contributed by atoms with Crippen molar-refractivity contribution < 1.29 is 27.5 Å². The summed E-state index contributed by atoms with van der Waals surface area (Å²) in [6.07, 6.45) is 3.72. The van der Waals surface area contributed by atoms with Crippen LogP contribution in [0.3, 0.4) is 0 Å². The van der Waals surface area contributed by atoms with Crippen molar-refractivity contribution in [2.24, 2.45) is 10.8 Å². The Morgan fingerprint density at radius 3 is 2.61 bits per heavy atom. The van der Waals surface area contributed by atoms with Gasteiger partial charge in [0.1, 0.15) is 30.0 Å². The van der Waals surface area contributed by atoms with Crippen molar-refractivity contribution in [2.45, 2.75) is 25.1 Å². The molecule has 0 saturated carbocycles. The normalized spacial score (nSPS) is 17.4. The molecule has 2 aliphatic rings. The standard InChI is InChI=1S/C22H19F3N8O3/c23-13-5-12(6-14(24)7-13)18-1-3-28-33(18)22(35)31-9-15(10-31)36-21-16(25)8-27-20(29-21)17-2-4-32(30-17)11-19(26)34/h2-8,15,18H,1,9-11H2,(H2,26,34)/t18-/m0/s1. The van der Waals surface area contributed by atoms with Gasteiger partial charge in [0.25, 0.3) is 5.88 Å². The molecule has 2 aromatic heterocycles. The molecule has 2 aliphatic heterocycles. The summed E-state index contributed by atoms with van der Waals surface area (Å²) in [5.41, 5.74) is 5.73. The van der Waals surface area contributed by atoms with E-state index in [2.05, 4.69) is 20.2 Å². The van der Waals surface area contributed by atoms with Crippen LogP contribution in [-0.2, 0) is 11.3 Å². The average molecular weight is 500 g/mol. The number of primary amides is 1. The lowest BCUT2D eigenvalue weighted by atomic mass is 10.0. The predicted molar refractivity (Wildman–Crippen MR) is 118 cm³/mol. The van der Waals surface area contributed by atoms with E-state index in [4.69, 9.17) is 10.5 Å². The first-order valence-corrected chi connectivity index (χ1v) is 10.8. The lowest BCUT2D eigenvalue weighted by Crippen LogP contribution is -2.59. The molecule has 1 saturated heterocycles. The SMILES string of the molecule is NC(=O)Cn1ccc(-c2ncc(F)c(OC3CN(C(=O)N4N=CC[C@H]4c4cc(F)cc(F)c4)C3)n2)n1. The second-order valence-electron chi connectivity index (χ2n) is 8.24. The van der Waals surface area contributed by atoms with Crippen LogP contribution in [0.25, 0.3) is 11.5 Å². The molecule has 0 spiro atoms. The monoisotopic (exact) mass is 500 g/mol. The molecule has 2 N–H and O–H groups in total. The molecule has 0 radical (unpaired) electrons. The average Bonchev–Trinajstić information content (AvgIpc) is 3.45. The summed E-state index contributed by atoms with van der Waals surface area (Å²) in [6, 6.07) is 3.52. The molecule has 1 atom stereocenters. The van der Waals surface area contributed by atoms with Gasteiger partial charge in [-0.25, -0.2) is 23.6 Å². The summed E-state index contributed by atoms with van der Waals surface area (Å²) in [5.74, 6) is -3.09. The van der Waals surface area contributed by atoms with Gasteiger partial charge >= 0.3 is 6.03 Å². The molecule has 3 aromatic rings. The maximum Gasteiger partial charge on any atom is 0.341 e. The highest BCUT2D eigenvalue weighted by atomic mass is 19.1. The molecule has 0 bridgehead atoms. The second kappa shape index (κ2) is 9.28. The number of likely N-dealkylation sites (tertiary alicyclic amines) is 1. The van der Waals surface area contributed by atoms with Gasteiger partial charge in [-0.05, 0) is 23.8 Å². The zero-order valence-corrected chi connectivity index (χ0v) is 18.6. The van der Waals surface area contributed by atoms with Crippen molar-refractivity contribution in [2.75, 3.05) is 13.1 Å². The molecule has 4 heterocycles. The van der Waals surface area contributed by atoms with Crippen LogP contribution in [0.4, 0.5) is 18.0 Å². The number of amides is 3. The smallest absolute Gasteiger partial charge is 0.341 e. The molecule has 1 fully saturated rings. The Morgan fingerprint density at radius 1 is 1.14 bits per heavy atom. The molecule has 14 heteroatoms. The molecule has 1 aromatic carbocycles. The first-order valence-electron chi connectivity index (χ1n) is 10.8. The first kappa shape index (κ1) is 23.3. The lowest BCUT2D eigenvalue weighted by Gasteiger charge is -2.40. The Morgan fingerprint density at radius 2 is 1.89 bits per heavy atom. The van der Waals surface area contributed by atoms with Crippen LogP contribution in [0, 0.1) is 17.5 Å². The highest BCUT2D eigenvalue weighted by molar-refractivity contribution is 5.79. The van der Waals surface area contributed by atoms with Crippen LogP contribution in [0.15, 0.2) is 41.8 Å². The van der Waals surface area contributed by atoms with Crippen molar-refractivity contribution in [1.82, 2.24) is 29.7 Å². The van der Waals surface area contributed by atoms with E-state index in [1.807, 2.05) is 0 Å². The van der Waals surface area contributed by atoms with E-state index >= 15 is 0 Å². The van der Waals surface area contributed by atoms with E-state index in [0.717, 1.165) is 29.4 Å². The fourth-order valence-electron chi connectivity index (χ4n) is 3.90. The highest BCUT2D eigenvalue weighted by Gasteiger charge is 2.39. The lowest BCUT2D eigenvalue weighted by molar-refractivity contribution is -0.118. The number of ether oxygens (including phenoxy) is 1. The summed E-state index contributed by atoms with van der Waals surface area (Å²) in [5, 5.41) is 9.34.